The molecule has 0 amide bonds. The molecular formula is C7H4ClF5N2O. The fourth-order valence-corrected chi connectivity index (χ4v) is 0.968. The lowest BCUT2D eigenvalue weighted by Gasteiger charge is -2.19. The maximum atomic E-state index is 12.8. The van der Waals surface area contributed by atoms with Crippen molar-refractivity contribution in [2.75, 3.05) is 0 Å². The van der Waals surface area contributed by atoms with Gasteiger partial charge in [0.25, 0.3) is 0 Å². The van der Waals surface area contributed by atoms with Crippen LogP contribution in [-0.4, -0.2) is 21.3 Å². The molecule has 0 saturated carbocycles. The minimum absolute atomic E-state index is 0.142. The van der Waals surface area contributed by atoms with Crippen molar-refractivity contribution in [3.05, 3.63) is 17.6 Å². The van der Waals surface area contributed by atoms with Gasteiger partial charge in [0, 0.05) is 6.07 Å². The topological polar surface area (TPSA) is 46.0 Å². The van der Waals surface area contributed by atoms with E-state index in [0.717, 1.165) is 0 Å². The van der Waals surface area contributed by atoms with Crippen molar-refractivity contribution in [3.8, 4) is 5.88 Å². The summed E-state index contributed by atoms with van der Waals surface area (Å²) in [7, 11) is 0. The second kappa shape index (κ2) is 4.00. The summed E-state index contributed by atoms with van der Waals surface area (Å²) in [5, 5.41) is 8.84. The highest BCUT2D eigenvalue weighted by Crippen LogP contribution is 2.43. The molecule has 0 unspecified atom stereocenters. The summed E-state index contributed by atoms with van der Waals surface area (Å²) in [5.74, 6) is -7.16. The number of alkyl halides is 6. The van der Waals surface area contributed by atoms with Gasteiger partial charge in [0.2, 0.25) is 5.88 Å². The van der Waals surface area contributed by atoms with E-state index in [0.29, 0.717) is 0 Å². The van der Waals surface area contributed by atoms with Gasteiger partial charge in [-0.2, -0.15) is 26.9 Å². The molecule has 1 aromatic heterocycles. The Morgan fingerprint density at radius 2 is 1.75 bits per heavy atom. The molecule has 3 nitrogen and oxygen atoms in total. The molecule has 0 bridgehead atoms. The molecule has 1 N–H and O–H groups in total. The molecule has 0 aliphatic heterocycles. The van der Waals surface area contributed by atoms with Crippen molar-refractivity contribution in [2.24, 2.45) is 0 Å². The van der Waals surface area contributed by atoms with Crippen LogP contribution in [0.1, 0.15) is 11.5 Å². The normalized spacial score (nSPS) is 12.9. The highest BCUT2D eigenvalue weighted by molar-refractivity contribution is 6.16. The van der Waals surface area contributed by atoms with E-state index < -0.39 is 35.4 Å². The minimum Gasteiger partial charge on any atom is -0.493 e. The molecule has 16 heavy (non-hydrogen) atoms. The van der Waals surface area contributed by atoms with Crippen molar-refractivity contribution in [1.82, 2.24) is 9.97 Å². The third-order valence-corrected chi connectivity index (χ3v) is 1.80. The fraction of sp³-hybridized carbons (Fsp3) is 0.429. The molecule has 0 aliphatic rings. The number of hydrogen-bond acceptors (Lipinski definition) is 3. The predicted molar refractivity (Wildman–Crippen MR) is 43.2 cm³/mol. The zero-order chi connectivity index (χ0) is 12.6. The predicted octanol–water partition coefficient (Wildman–Crippen LogP) is 2.58. The molecule has 1 heterocycles. The highest BCUT2D eigenvalue weighted by Gasteiger charge is 2.60. The van der Waals surface area contributed by atoms with E-state index in [2.05, 4.69) is 9.97 Å². The second-order valence-electron chi connectivity index (χ2n) is 2.73. The van der Waals surface area contributed by atoms with E-state index >= 15 is 0 Å². The third kappa shape index (κ3) is 2.31. The molecule has 0 radical (unpaired) electrons. The second-order valence-corrected chi connectivity index (χ2v) is 3.00. The average Bonchev–Trinajstić information content (AvgIpc) is 2.15. The van der Waals surface area contributed by atoms with Gasteiger partial charge in [-0.15, -0.1) is 11.6 Å². The van der Waals surface area contributed by atoms with Gasteiger partial charge >= 0.3 is 12.1 Å². The van der Waals surface area contributed by atoms with Gasteiger partial charge in [0.15, 0.2) is 0 Å². The number of halogens is 6. The van der Waals surface area contributed by atoms with E-state index in [9.17, 15) is 22.0 Å². The lowest BCUT2D eigenvalue weighted by Crippen LogP contribution is -2.34. The van der Waals surface area contributed by atoms with Crippen LogP contribution in [0, 0.1) is 0 Å². The Kier molecular flexibility index (Phi) is 3.22. The number of rotatable bonds is 2. The molecular weight excluding hydrogens is 259 g/mol. The molecule has 0 aliphatic carbocycles. The van der Waals surface area contributed by atoms with Crippen LogP contribution in [0.5, 0.6) is 5.88 Å². The van der Waals surface area contributed by atoms with Crippen molar-refractivity contribution >= 4 is 11.6 Å². The number of nitrogens with zero attached hydrogens (tertiary/aromatic N) is 2. The smallest absolute Gasteiger partial charge is 0.459 e. The first kappa shape index (κ1) is 12.9. The monoisotopic (exact) mass is 262 g/mol. The summed E-state index contributed by atoms with van der Waals surface area (Å²) in [6, 6.07) is 0.142. The summed E-state index contributed by atoms with van der Waals surface area (Å²) in [5.41, 5.74) is -1.64. The molecule has 0 spiro atoms. The Morgan fingerprint density at radius 1 is 1.19 bits per heavy atom. The van der Waals surface area contributed by atoms with Gasteiger partial charge in [0.1, 0.15) is 11.5 Å². The summed E-state index contributed by atoms with van der Waals surface area (Å²) in [6.45, 7) is 0. The Balaban J connectivity index is 3.27. The van der Waals surface area contributed by atoms with E-state index in [4.69, 9.17) is 16.7 Å². The van der Waals surface area contributed by atoms with Gasteiger partial charge in [0.05, 0.1) is 5.88 Å². The van der Waals surface area contributed by atoms with Gasteiger partial charge in [-0.05, 0) is 0 Å². The third-order valence-electron chi connectivity index (χ3n) is 1.56. The summed E-state index contributed by atoms with van der Waals surface area (Å²) in [6.07, 6.45) is -5.79. The van der Waals surface area contributed by atoms with Gasteiger partial charge in [-0.1, -0.05) is 0 Å². The maximum Gasteiger partial charge on any atom is 0.459 e. The van der Waals surface area contributed by atoms with Crippen LogP contribution in [-0.2, 0) is 11.8 Å². The first-order chi connectivity index (χ1) is 7.18. The van der Waals surface area contributed by atoms with Crippen molar-refractivity contribution in [3.63, 3.8) is 0 Å². The maximum absolute atomic E-state index is 12.8. The SMILES string of the molecule is Oc1cc(C(F)(F)C(F)(F)F)nc(CCl)n1. The zero-order valence-electron chi connectivity index (χ0n) is 7.39. The Hall–Kier alpha value is -1.18. The van der Waals surface area contributed by atoms with Crippen LogP contribution in [0.2, 0.25) is 0 Å². The first-order valence-electron chi connectivity index (χ1n) is 3.76. The van der Waals surface area contributed by atoms with E-state index in [1.165, 1.54) is 0 Å². The summed E-state index contributed by atoms with van der Waals surface area (Å²) in [4.78, 5) is 6.08. The van der Waals surface area contributed by atoms with Crippen LogP contribution in [0.25, 0.3) is 0 Å². The molecule has 9 heteroatoms. The molecule has 0 aromatic carbocycles. The van der Waals surface area contributed by atoms with Crippen LogP contribution in [0.15, 0.2) is 6.07 Å². The standard InChI is InChI=1S/C7H4ClF5N2O/c8-2-4-14-3(1-5(16)15-4)6(9,10)7(11,12)13/h1H,2H2,(H,14,15,16). The minimum atomic E-state index is -5.79. The lowest BCUT2D eigenvalue weighted by molar-refractivity contribution is -0.291. The van der Waals surface area contributed by atoms with Crippen molar-refractivity contribution < 1.29 is 27.1 Å². The largest absolute Gasteiger partial charge is 0.493 e. The first-order valence-corrected chi connectivity index (χ1v) is 4.30. The molecule has 0 atom stereocenters. The highest BCUT2D eigenvalue weighted by atomic mass is 35.5. The van der Waals surface area contributed by atoms with Crippen LogP contribution >= 0.6 is 11.6 Å². The van der Waals surface area contributed by atoms with E-state index in [-0.39, 0.29) is 6.07 Å². The molecule has 90 valence electrons. The molecule has 1 aromatic rings. The van der Waals surface area contributed by atoms with Gasteiger partial charge in [-0.25, -0.2) is 4.98 Å². The Morgan fingerprint density at radius 3 is 2.19 bits per heavy atom. The van der Waals surface area contributed by atoms with E-state index in [1.807, 2.05) is 0 Å². The Labute approximate surface area is 90.9 Å². The number of aromatic hydroxyl groups is 1. The zero-order valence-corrected chi connectivity index (χ0v) is 8.15. The van der Waals surface area contributed by atoms with Gasteiger partial charge < -0.3 is 5.11 Å². The van der Waals surface area contributed by atoms with Crippen molar-refractivity contribution in [2.45, 2.75) is 18.0 Å². The summed E-state index contributed by atoms with van der Waals surface area (Å²) < 4.78 is 61.5. The molecule has 0 fully saturated rings. The van der Waals surface area contributed by atoms with Crippen LogP contribution in [0.4, 0.5) is 22.0 Å². The number of aromatic nitrogens is 2. The lowest BCUT2D eigenvalue weighted by atomic mass is 10.2. The molecule has 1 rings (SSSR count). The quantitative estimate of drug-likeness (QED) is 0.658. The van der Waals surface area contributed by atoms with E-state index in [1.54, 1.807) is 0 Å². The summed E-state index contributed by atoms with van der Waals surface area (Å²) >= 11 is 5.17. The van der Waals surface area contributed by atoms with Crippen LogP contribution < -0.4 is 0 Å². The molecule has 0 saturated heterocycles. The average molecular weight is 263 g/mol. The van der Waals surface area contributed by atoms with Gasteiger partial charge in [-0.3, -0.25) is 0 Å². The number of hydrogen-bond donors (Lipinski definition) is 1. The van der Waals surface area contributed by atoms with Crippen molar-refractivity contribution in [1.29, 1.82) is 0 Å². The fourth-order valence-electron chi connectivity index (χ4n) is 0.849. The Bertz CT molecular complexity index is 395. The van der Waals surface area contributed by atoms with Crippen LogP contribution in [0.3, 0.4) is 0 Å².